The first kappa shape index (κ1) is 14.1. The highest BCUT2D eigenvalue weighted by Crippen LogP contribution is 2.31. The van der Waals surface area contributed by atoms with Crippen LogP contribution in [-0.2, 0) is 4.74 Å². The van der Waals surface area contributed by atoms with E-state index in [-0.39, 0.29) is 5.75 Å². The average molecular weight is 291 g/mol. The number of halogens is 1. The molecule has 0 saturated heterocycles. The zero-order chi connectivity index (χ0) is 14.5. The van der Waals surface area contributed by atoms with Gasteiger partial charge in [-0.05, 0) is 30.3 Å². The molecule has 0 aliphatic carbocycles. The number of aldehydes is 1. The molecular formula is C15H11ClO4. The summed E-state index contributed by atoms with van der Waals surface area (Å²) in [5, 5.41) is 0.332. The van der Waals surface area contributed by atoms with Gasteiger partial charge in [-0.25, -0.2) is 4.79 Å². The van der Waals surface area contributed by atoms with Crippen molar-refractivity contribution in [2.75, 3.05) is 7.11 Å². The summed E-state index contributed by atoms with van der Waals surface area (Å²) in [7, 11) is 1.29. The van der Waals surface area contributed by atoms with E-state index in [1.54, 1.807) is 24.3 Å². The smallest absolute Gasteiger partial charge is 0.337 e. The normalized spacial score (nSPS) is 9.90. The number of benzene rings is 2. The molecule has 0 heterocycles. The maximum Gasteiger partial charge on any atom is 0.337 e. The van der Waals surface area contributed by atoms with E-state index >= 15 is 0 Å². The van der Waals surface area contributed by atoms with Crippen molar-refractivity contribution in [2.24, 2.45) is 0 Å². The Morgan fingerprint density at radius 2 is 1.90 bits per heavy atom. The molecule has 0 aliphatic rings. The van der Waals surface area contributed by atoms with Gasteiger partial charge in [-0.1, -0.05) is 23.7 Å². The van der Waals surface area contributed by atoms with Crippen LogP contribution in [0.15, 0.2) is 42.5 Å². The molecule has 4 nitrogen and oxygen atoms in total. The average Bonchev–Trinajstić information content (AvgIpc) is 2.49. The van der Waals surface area contributed by atoms with Crippen LogP contribution in [0.2, 0.25) is 5.02 Å². The van der Waals surface area contributed by atoms with Gasteiger partial charge in [0, 0.05) is 0 Å². The van der Waals surface area contributed by atoms with Crippen LogP contribution in [0.5, 0.6) is 11.5 Å². The minimum Gasteiger partial charge on any atom is -0.465 e. The van der Waals surface area contributed by atoms with Crippen LogP contribution in [0.4, 0.5) is 0 Å². The molecule has 2 rings (SSSR count). The van der Waals surface area contributed by atoms with E-state index in [1.165, 1.54) is 25.3 Å². The molecular weight excluding hydrogens is 280 g/mol. The van der Waals surface area contributed by atoms with E-state index in [1.807, 2.05) is 0 Å². The Balaban J connectivity index is 2.37. The zero-order valence-corrected chi connectivity index (χ0v) is 11.4. The van der Waals surface area contributed by atoms with Crippen molar-refractivity contribution in [1.82, 2.24) is 0 Å². The van der Waals surface area contributed by atoms with Crippen molar-refractivity contribution in [1.29, 1.82) is 0 Å². The minimum absolute atomic E-state index is 0.281. The zero-order valence-electron chi connectivity index (χ0n) is 10.6. The fraction of sp³-hybridized carbons (Fsp3) is 0.0667. The third-order valence-electron chi connectivity index (χ3n) is 2.62. The van der Waals surface area contributed by atoms with Crippen LogP contribution in [0, 0.1) is 0 Å². The topological polar surface area (TPSA) is 52.6 Å². The summed E-state index contributed by atoms with van der Waals surface area (Å²) in [6.45, 7) is 0. The predicted molar refractivity (Wildman–Crippen MR) is 74.7 cm³/mol. The molecule has 0 aliphatic heterocycles. The number of hydrogen-bond acceptors (Lipinski definition) is 4. The highest BCUT2D eigenvalue weighted by atomic mass is 35.5. The van der Waals surface area contributed by atoms with Gasteiger partial charge in [0.15, 0.2) is 6.29 Å². The number of carbonyl (C=O) groups is 2. The van der Waals surface area contributed by atoms with Crippen LogP contribution >= 0.6 is 11.6 Å². The summed E-state index contributed by atoms with van der Waals surface area (Å²) < 4.78 is 10.2. The Hall–Kier alpha value is -2.33. The highest BCUT2D eigenvalue weighted by Gasteiger charge is 2.12. The van der Waals surface area contributed by atoms with Crippen molar-refractivity contribution >= 4 is 23.9 Å². The third-order valence-corrected chi connectivity index (χ3v) is 2.93. The van der Waals surface area contributed by atoms with E-state index in [0.29, 0.717) is 28.2 Å². The van der Waals surface area contributed by atoms with Crippen molar-refractivity contribution in [2.45, 2.75) is 0 Å². The van der Waals surface area contributed by atoms with Gasteiger partial charge in [0.1, 0.15) is 11.5 Å². The first-order valence-electron chi connectivity index (χ1n) is 5.75. The summed E-state index contributed by atoms with van der Waals surface area (Å²) >= 11 is 6.02. The largest absolute Gasteiger partial charge is 0.465 e. The van der Waals surface area contributed by atoms with Crippen LogP contribution in [0.25, 0.3) is 0 Å². The Kier molecular flexibility index (Phi) is 4.38. The molecule has 0 radical (unpaired) electrons. The van der Waals surface area contributed by atoms with Gasteiger partial charge in [0.2, 0.25) is 0 Å². The van der Waals surface area contributed by atoms with Crippen molar-refractivity contribution in [3.63, 3.8) is 0 Å². The molecule has 0 amide bonds. The molecule has 0 unspecified atom stereocenters. The Labute approximate surface area is 120 Å². The molecule has 0 N–H and O–H groups in total. The predicted octanol–water partition coefficient (Wildman–Crippen LogP) is 3.73. The van der Waals surface area contributed by atoms with E-state index in [4.69, 9.17) is 16.3 Å². The molecule has 102 valence electrons. The van der Waals surface area contributed by atoms with Gasteiger partial charge in [-0.15, -0.1) is 0 Å². The maximum atomic E-state index is 11.5. The van der Waals surface area contributed by atoms with Crippen LogP contribution in [0.1, 0.15) is 20.7 Å². The number of methoxy groups -OCH3 is 1. The number of para-hydroxylation sites is 1. The van der Waals surface area contributed by atoms with Crippen LogP contribution < -0.4 is 4.74 Å². The molecule has 0 spiro atoms. The van der Waals surface area contributed by atoms with Gasteiger partial charge in [-0.2, -0.15) is 0 Å². The number of carbonyl (C=O) groups excluding carboxylic acids is 2. The lowest BCUT2D eigenvalue weighted by atomic mass is 10.2. The lowest BCUT2D eigenvalue weighted by Gasteiger charge is -2.10. The number of hydrogen-bond donors (Lipinski definition) is 0. The maximum absolute atomic E-state index is 11.5. The van der Waals surface area contributed by atoms with E-state index in [9.17, 15) is 9.59 Å². The molecule has 2 aromatic rings. The summed E-state index contributed by atoms with van der Waals surface area (Å²) in [6, 6.07) is 11.3. The molecule has 0 fully saturated rings. The lowest BCUT2D eigenvalue weighted by molar-refractivity contribution is 0.0600. The highest BCUT2D eigenvalue weighted by molar-refractivity contribution is 6.32. The van der Waals surface area contributed by atoms with Crippen LogP contribution in [0.3, 0.4) is 0 Å². The standard InChI is InChI=1S/C15H11ClO4/c1-19-15(18)10-6-7-12(16)14(8-10)20-13-5-3-2-4-11(13)9-17/h2-9H,1H3. The Bertz CT molecular complexity index is 652. The van der Waals surface area contributed by atoms with Gasteiger partial charge in [0.05, 0.1) is 23.3 Å². The summed E-state index contributed by atoms with van der Waals surface area (Å²) in [5.74, 6) is 0.158. The molecule has 0 bridgehead atoms. The molecule has 0 atom stereocenters. The molecule has 0 aromatic heterocycles. The minimum atomic E-state index is -0.491. The van der Waals surface area contributed by atoms with Crippen LogP contribution in [-0.4, -0.2) is 19.4 Å². The molecule has 2 aromatic carbocycles. The number of esters is 1. The second-order valence-corrected chi connectivity index (χ2v) is 4.30. The van der Waals surface area contributed by atoms with E-state index in [0.717, 1.165) is 0 Å². The quantitative estimate of drug-likeness (QED) is 0.636. The van der Waals surface area contributed by atoms with Gasteiger partial charge in [-0.3, -0.25) is 4.79 Å². The van der Waals surface area contributed by atoms with Gasteiger partial charge in [0.25, 0.3) is 0 Å². The number of ether oxygens (including phenoxy) is 2. The second-order valence-electron chi connectivity index (χ2n) is 3.89. The van der Waals surface area contributed by atoms with Gasteiger partial charge >= 0.3 is 5.97 Å². The van der Waals surface area contributed by atoms with E-state index in [2.05, 4.69) is 4.74 Å². The summed E-state index contributed by atoms with van der Waals surface area (Å²) in [5.41, 5.74) is 0.711. The molecule has 20 heavy (non-hydrogen) atoms. The Morgan fingerprint density at radius 3 is 2.60 bits per heavy atom. The van der Waals surface area contributed by atoms with Crippen molar-refractivity contribution in [3.8, 4) is 11.5 Å². The molecule has 0 saturated carbocycles. The fourth-order valence-electron chi connectivity index (χ4n) is 1.62. The summed E-state index contributed by atoms with van der Waals surface area (Å²) in [4.78, 5) is 22.4. The SMILES string of the molecule is COC(=O)c1ccc(Cl)c(Oc2ccccc2C=O)c1. The first-order chi connectivity index (χ1) is 9.65. The number of rotatable bonds is 4. The monoisotopic (exact) mass is 290 g/mol. The lowest BCUT2D eigenvalue weighted by Crippen LogP contribution is -2.01. The second kappa shape index (κ2) is 6.21. The first-order valence-corrected chi connectivity index (χ1v) is 6.13. The van der Waals surface area contributed by atoms with Gasteiger partial charge < -0.3 is 9.47 Å². The fourth-order valence-corrected chi connectivity index (χ4v) is 1.77. The Morgan fingerprint density at radius 1 is 1.15 bits per heavy atom. The van der Waals surface area contributed by atoms with E-state index < -0.39 is 5.97 Å². The molecule has 5 heteroatoms. The van der Waals surface area contributed by atoms with Crippen molar-refractivity contribution < 1.29 is 19.1 Å². The third kappa shape index (κ3) is 2.97. The van der Waals surface area contributed by atoms with Crippen molar-refractivity contribution in [3.05, 3.63) is 58.6 Å². The summed E-state index contributed by atoms with van der Waals surface area (Å²) in [6.07, 6.45) is 0.688.